The minimum atomic E-state index is -4.40. The number of hydrogen-bond acceptors (Lipinski definition) is 3. The van der Waals surface area contributed by atoms with Gasteiger partial charge in [0, 0.05) is 0 Å². The minimum absolute atomic E-state index is 0.536. The first-order valence-electron chi connectivity index (χ1n) is 5.13. The van der Waals surface area contributed by atoms with E-state index in [4.69, 9.17) is 0 Å². The summed E-state index contributed by atoms with van der Waals surface area (Å²) in [6.07, 6.45) is -5.96. The molecule has 0 fully saturated rings. The fraction of sp³-hybridized carbons (Fsp3) is 0.900. The van der Waals surface area contributed by atoms with Crippen LogP contribution in [0.4, 0.5) is 13.2 Å². The zero-order chi connectivity index (χ0) is 13.9. The normalized spacial score (nSPS) is 19.4. The van der Waals surface area contributed by atoms with Crippen molar-refractivity contribution in [3.05, 3.63) is 0 Å². The summed E-state index contributed by atoms with van der Waals surface area (Å²) in [4.78, 5) is 0. The molecule has 3 nitrogen and oxygen atoms in total. The van der Waals surface area contributed by atoms with Gasteiger partial charge in [-0.15, -0.1) is 0 Å². The zero-order valence-corrected chi connectivity index (χ0v) is 11.4. The van der Waals surface area contributed by atoms with Crippen molar-refractivity contribution in [2.24, 2.45) is 4.40 Å². The molecule has 3 atom stereocenters. The summed E-state index contributed by atoms with van der Waals surface area (Å²) in [7, 11) is 0. The molecule has 0 saturated heterocycles. The van der Waals surface area contributed by atoms with Gasteiger partial charge >= 0.3 is 6.18 Å². The largest absolute Gasteiger partial charge is 0.591 e. The van der Waals surface area contributed by atoms with Crippen molar-refractivity contribution in [2.45, 2.75) is 57.7 Å². The van der Waals surface area contributed by atoms with E-state index in [0.717, 1.165) is 13.1 Å². The first-order chi connectivity index (χ1) is 7.44. The molecule has 0 bridgehead atoms. The van der Waals surface area contributed by atoms with Gasteiger partial charge in [0.05, 0.1) is 12.3 Å². The lowest BCUT2D eigenvalue weighted by Crippen LogP contribution is -2.33. The predicted octanol–water partition coefficient (Wildman–Crippen LogP) is 2.88. The molecule has 0 aliphatic heterocycles. The second-order valence-electron chi connectivity index (χ2n) is 4.64. The molecular weight excluding hydrogens is 255 g/mol. The standard InChI is InChI=1S/C10H18F3NO2S/c1-7(16-8(2)10(11,12)13)6-14-17(15)9(3,4)5/h6-8H,1-5H3/t7-,8+,17?/m1/s1. The number of nitrogens with zero attached hydrogens (tertiary/aromatic N) is 1. The molecule has 0 rings (SSSR count). The summed E-state index contributed by atoms with van der Waals surface area (Å²) in [5.74, 6) is 0. The highest BCUT2D eigenvalue weighted by atomic mass is 32.2. The highest BCUT2D eigenvalue weighted by Crippen LogP contribution is 2.23. The maximum atomic E-state index is 12.2. The summed E-state index contributed by atoms with van der Waals surface area (Å²) in [6.45, 7) is 7.52. The molecule has 0 N–H and O–H groups in total. The van der Waals surface area contributed by atoms with E-state index in [1.165, 1.54) is 6.92 Å². The predicted molar refractivity (Wildman–Crippen MR) is 62.5 cm³/mol. The number of halogens is 3. The molecule has 7 heteroatoms. The van der Waals surface area contributed by atoms with Crippen LogP contribution in [-0.4, -0.2) is 33.9 Å². The zero-order valence-electron chi connectivity index (χ0n) is 10.5. The van der Waals surface area contributed by atoms with E-state index in [0.29, 0.717) is 0 Å². The number of rotatable bonds is 4. The van der Waals surface area contributed by atoms with Gasteiger partial charge in [-0.3, -0.25) is 0 Å². The van der Waals surface area contributed by atoms with Crippen LogP contribution >= 0.6 is 0 Å². The summed E-state index contributed by atoms with van der Waals surface area (Å²) in [5.41, 5.74) is 0. The molecule has 0 spiro atoms. The molecule has 0 amide bonds. The van der Waals surface area contributed by atoms with Gasteiger partial charge in [-0.1, -0.05) is 4.40 Å². The van der Waals surface area contributed by atoms with Crippen molar-refractivity contribution in [3.63, 3.8) is 0 Å². The first kappa shape index (κ1) is 16.7. The molecule has 0 radical (unpaired) electrons. The number of alkyl halides is 3. The molecule has 17 heavy (non-hydrogen) atoms. The Bertz CT molecular complexity index is 263. The Labute approximate surface area is 103 Å². The maximum absolute atomic E-state index is 12.2. The fourth-order valence-electron chi connectivity index (χ4n) is 0.733. The van der Waals surface area contributed by atoms with Crippen LogP contribution in [-0.2, 0) is 16.1 Å². The van der Waals surface area contributed by atoms with E-state index in [2.05, 4.69) is 9.13 Å². The summed E-state index contributed by atoms with van der Waals surface area (Å²) in [5, 5.41) is 0. The summed E-state index contributed by atoms with van der Waals surface area (Å²) >= 11 is -1.49. The average Bonchev–Trinajstić information content (AvgIpc) is 2.10. The van der Waals surface area contributed by atoms with Crippen molar-refractivity contribution < 1.29 is 22.5 Å². The Morgan fingerprint density at radius 3 is 2.06 bits per heavy atom. The van der Waals surface area contributed by atoms with Crippen LogP contribution in [0.3, 0.4) is 0 Å². The maximum Gasteiger partial charge on any atom is 0.414 e. The Hall–Kier alpha value is -0.270. The SMILES string of the molecule is C[C@H](C=N[S+]([O-])C(C)(C)C)O[C@@H](C)C(F)(F)F. The lowest BCUT2D eigenvalue weighted by molar-refractivity contribution is -0.218. The molecule has 0 aromatic rings. The Balaban J connectivity index is 4.28. The monoisotopic (exact) mass is 273 g/mol. The number of hydrogen-bond donors (Lipinski definition) is 0. The average molecular weight is 273 g/mol. The van der Waals surface area contributed by atoms with Gasteiger partial charge in [0.25, 0.3) is 0 Å². The second-order valence-corrected chi connectivity index (χ2v) is 6.57. The lowest BCUT2D eigenvalue weighted by Gasteiger charge is -2.20. The van der Waals surface area contributed by atoms with Crippen molar-refractivity contribution in [2.75, 3.05) is 0 Å². The van der Waals surface area contributed by atoms with E-state index in [1.807, 2.05) is 0 Å². The van der Waals surface area contributed by atoms with Gasteiger partial charge in [0.15, 0.2) is 6.10 Å². The Morgan fingerprint density at radius 1 is 1.24 bits per heavy atom. The van der Waals surface area contributed by atoms with Crippen LogP contribution in [0.2, 0.25) is 0 Å². The molecule has 102 valence electrons. The highest BCUT2D eigenvalue weighted by molar-refractivity contribution is 7.91. The van der Waals surface area contributed by atoms with Gasteiger partial charge in [-0.2, -0.15) is 13.2 Å². The molecule has 1 unspecified atom stereocenters. The molecule has 0 aromatic heterocycles. The quantitative estimate of drug-likeness (QED) is 0.584. The third-order valence-corrected chi connectivity index (χ3v) is 3.13. The number of ether oxygens (including phenoxy) is 1. The van der Waals surface area contributed by atoms with Crippen LogP contribution in [0, 0.1) is 0 Å². The van der Waals surface area contributed by atoms with Crippen LogP contribution in [0.25, 0.3) is 0 Å². The Kier molecular flexibility index (Phi) is 5.96. The molecule has 0 aliphatic rings. The van der Waals surface area contributed by atoms with Crippen LogP contribution in [0.1, 0.15) is 34.6 Å². The van der Waals surface area contributed by atoms with Gasteiger partial charge in [0.2, 0.25) is 0 Å². The minimum Gasteiger partial charge on any atom is -0.591 e. The molecule has 0 heterocycles. The third-order valence-electron chi connectivity index (χ3n) is 1.77. The van der Waals surface area contributed by atoms with Crippen molar-refractivity contribution in [1.29, 1.82) is 0 Å². The fourth-order valence-corrected chi connectivity index (χ4v) is 1.33. The van der Waals surface area contributed by atoms with E-state index in [9.17, 15) is 17.7 Å². The van der Waals surface area contributed by atoms with Gasteiger partial charge < -0.3 is 9.29 Å². The van der Waals surface area contributed by atoms with Crippen molar-refractivity contribution >= 4 is 17.6 Å². The summed E-state index contributed by atoms with van der Waals surface area (Å²) < 4.78 is 55.8. The van der Waals surface area contributed by atoms with E-state index in [1.54, 1.807) is 20.8 Å². The van der Waals surface area contributed by atoms with Crippen LogP contribution in [0.5, 0.6) is 0 Å². The molecule has 0 aromatic carbocycles. The highest BCUT2D eigenvalue weighted by Gasteiger charge is 2.37. The van der Waals surface area contributed by atoms with E-state index < -0.39 is 34.5 Å². The van der Waals surface area contributed by atoms with Crippen molar-refractivity contribution in [1.82, 2.24) is 0 Å². The Morgan fingerprint density at radius 2 is 1.71 bits per heavy atom. The smallest absolute Gasteiger partial charge is 0.414 e. The third kappa shape index (κ3) is 6.90. The molecule has 0 aliphatic carbocycles. The lowest BCUT2D eigenvalue weighted by atomic mass is 10.3. The van der Waals surface area contributed by atoms with Gasteiger partial charge in [-0.25, -0.2) is 0 Å². The first-order valence-corrected chi connectivity index (χ1v) is 6.23. The molecule has 0 saturated carbocycles. The van der Waals surface area contributed by atoms with E-state index in [-0.39, 0.29) is 0 Å². The molecular formula is C10H18F3NO2S. The van der Waals surface area contributed by atoms with Crippen LogP contribution in [0.15, 0.2) is 4.40 Å². The van der Waals surface area contributed by atoms with Gasteiger partial charge in [0.1, 0.15) is 16.1 Å². The topological polar surface area (TPSA) is 44.7 Å². The van der Waals surface area contributed by atoms with Crippen LogP contribution < -0.4 is 0 Å². The van der Waals surface area contributed by atoms with Gasteiger partial charge in [-0.05, 0) is 34.6 Å². The van der Waals surface area contributed by atoms with Crippen molar-refractivity contribution in [3.8, 4) is 0 Å². The second kappa shape index (κ2) is 6.06. The summed E-state index contributed by atoms with van der Waals surface area (Å²) in [6, 6.07) is 0. The van der Waals surface area contributed by atoms with E-state index >= 15 is 0 Å².